The summed E-state index contributed by atoms with van der Waals surface area (Å²) in [6, 6.07) is 12.2. The molecular weight excluding hydrogens is 368 g/mol. The Balaban J connectivity index is 0.00000168. The molecule has 5 nitrogen and oxygen atoms in total. The van der Waals surface area contributed by atoms with Gasteiger partial charge in [-0.2, -0.15) is 9.13 Å². The number of fused-ring (bicyclic) bond motifs is 5. The Labute approximate surface area is 161 Å². The van der Waals surface area contributed by atoms with E-state index in [1.807, 2.05) is 58.9 Å². The van der Waals surface area contributed by atoms with E-state index in [1.165, 1.54) is 0 Å². The van der Waals surface area contributed by atoms with Crippen LogP contribution in [0.5, 0.6) is 5.75 Å². The van der Waals surface area contributed by atoms with Crippen LogP contribution in [-0.2, 0) is 0 Å². The summed E-state index contributed by atoms with van der Waals surface area (Å²) in [6.07, 6.45) is 6.02. The minimum absolute atomic E-state index is 0. The molecule has 1 aromatic carbocycles. The zero-order chi connectivity index (χ0) is 17.1. The Morgan fingerprint density at radius 1 is 1.15 bits per heavy atom. The van der Waals surface area contributed by atoms with Gasteiger partial charge in [0.25, 0.3) is 0 Å². The first kappa shape index (κ1) is 16.8. The highest BCUT2D eigenvalue weighted by Gasteiger charge is 2.37. The molecule has 0 saturated carbocycles. The maximum absolute atomic E-state index is 5.79. The molecular formula is C19H15ClN4OS. The topological polar surface area (TPSA) is 35.9 Å². The molecule has 1 aliphatic heterocycles. The van der Waals surface area contributed by atoms with Gasteiger partial charge in [0, 0.05) is 35.8 Å². The number of pyridine rings is 1. The molecule has 0 bridgehead atoms. The molecule has 0 spiro atoms. The third-order valence-corrected chi connectivity index (χ3v) is 5.08. The van der Waals surface area contributed by atoms with Crippen LogP contribution in [0, 0.1) is 6.92 Å². The number of hydrogen-bond donors (Lipinski definition) is 0. The van der Waals surface area contributed by atoms with Gasteiger partial charge in [-0.1, -0.05) is 4.98 Å². The molecule has 1 aliphatic rings. The van der Waals surface area contributed by atoms with E-state index in [9.17, 15) is 0 Å². The summed E-state index contributed by atoms with van der Waals surface area (Å²) in [5, 5.41) is 0. The molecule has 0 unspecified atom stereocenters. The molecule has 4 aromatic rings. The van der Waals surface area contributed by atoms with E-state index in [1.54, 1.807) is 7.11 Å². The monoisotopic (exact) mass is 382 g/mol. The highest BCUT2D eigenvalue weighted by molar-refractivity contribution is 7.80. The number of imidazole rings is 1. The summed E-state index contributed by atoms with van der Waals surface area (Å²) < 4.78 is 11.6. The van der Waals surface area contributed by atoms with Crippen LogP contribution < -0.4 is 21.7 Å². The summed E-state index contributed by atoms with van der Waals surface area (Å²) in [7, 11) is 1.68. The molecule has 5 rings (SSSR count). The molecule has 4 heterocycles. The van der Waals surface area contributed by atoms with Gasteiger partial charge in [-0.15, -0.1) is 0 Å². The number of halogens is 1. The van der Waals surface area contributed by atoms with Crippen LogP contribution in [-0.4, -0.2) is 26.2 Å². The molecule has 130 valence electrons. The number of aromatic nitrogens is 4. The van der Waals surface area contributed by atoms with E-state index in [0.717, 1.165) is 44.7 Å². The van der Waals surface area contributed by atoms with Gasteiger partial charge in [0.05, 0.1) is 13.3 Å². The first-order valence-corrected chi connectivity index (χ1v) is 8.40. The van der Waals surface area contributed by atoms with E-state index < -0.39 is 0 Å². The van der Waals surface area contributed by atoms with E-state index in [-0.39, 0.29) is 12.4 Å². The average molecular weight is 383 g/mol. The second kappa shape index (κ2) is 5.93. The van der Waals surface area contributed by atoms with Crippen LogP contribution >= 0.6 is 12.2 Å². The lowest BCUT2D eigenvalue weighted by molar-refractivity contribution is -0.600. The number of benzene rings is 1. The van der Waals surface area contributed by atoms with Crippen molar-refractivity contribution in [2.45, 2.75) is 6.92 Å². The fraction of sp³-hybridized carbons (Fsp3) is 0.105. The second-order valence-corrected chi connectivity index (χ2v) is 6.43. The van der Waals surface area contributed by atoms with Gasteiger partial charge in [0.2, 0.25) is 4.99 Å². The SMILES string of the molecule is COc1cc[n+]2c(c1C)C(=S)n1c-2nc2ccc(-n3cccc3)cc21.[Cl-]. The quantitative estimate of drug-likeness (QED) is 0.317. The molecule has 0 aliphatic carbocycles. The van der Waals surface area contributed by atoms with Crippen molar-refractivity contribution in [3.8, 4) is 17.4 Å². The summed E-state index contributed by atoms with van der Waals surface area (Å²) in [4.78, 5) is 5.54. The number of hydrogen-bond acceptors (Lipinski definition) is 3. The van der Waals surface area contributed by atoms with Crippen molar-refractivity contribution in [3.63, 3.8) is 0 Å². The third-order valence-electron chi connectivity index (χ3n) is 4.70. The lowest BCUT2D eigenvalue weighted by atomic mass is 10.2. The zero-order valence-corrected chi connectivity index (χ0v) is 15.8. The zero-order valence-electron chi connectivity index (χ0n) is 14.2. The van der Waals surface area contributed by atoms with E-state index in [2.05, 4.69) is 16.7 Å². The Bertz CT molecular complexity index is 1160. The van der Waals surface area contributed by atoms with Crippen LogP contribution in [0.2, 0.25) is 0 Å². The molecule has 0 amide bonds. The first-order chi connectivity index (χ1) is 12.2. The predicted molar refractivity (Wildman–Crippen MR) is 99.0 cm³/mol. The van der Waals surface area contributed by atoms with Crippen molar-refractivity contribution in [2.24, 2.45) is 0 Å². The van der Waals surface area contributed by atoms with Crippen molar-refractivity contribution in [1.82, 2.24) is 14.1 Å². The summed E-state index contributed by atoms with van der Waals surface area (Å²) in [6.45, 7) is 2.02. The minimum atomic E-state index is 0. The Hall–Kier alpha value is -2.70. The van der Waals surface area contributed by atoms with E-state index in [0.29, 0.717) is 0 Å². The number of methoxy groups -OCH3 is 1. The Morgan fingerprint density at radius 2 is 1.92 bits per heavy atom. The summed E-state index contributed by atoms with van der Waals surface area (Å²) >= 11 is 5.79. The van der Waals surface area contributed by atoms with Gasteiger partial charge in [0.1, 0.15) is 5.75 Å². The van der Waals surface area contributed by atoms with Gasteiger partial charge in [-0.05, 0) is 43.4 Å². The van der Waals surface area contributed by atoms with Crippen LogP contribution in [0.3, 0.4) is 0 Å². The smallest absolute Gasteiger partial charge is 0.410 e. The number of nitrogens with zero attached hydrogens (tertiary/aromatic N) is 4. The fourth-order valence-corrected chi connectivity index (χ4v) is 3.91. The number of rotatable bonds is 2. The molecule has 0 N–H and O–H groups in total. The maximum Gasteiger partial charge on any atom is 0.410 e. The van der Waals surface area contributed by atoms with Crippen molar-refractivity contribution in [2.75, 3.05) is 7.11 Å². The largest absolute Gasteiger partial charge is 1.00 e. The van der Waals surface area contributed by atoms with Crippen LogP contribution in [0.1, 0.15) is 11.3 Å². The summed E-state index contributed by atoms with van der Waals surface area (Å²) in [5.41, 5.74) is 5.01. The van der Waals surface area contributed by atoms with Gasteiger partial charge < -0.3 is 21.7 Å². The lowest BCUT2D eigenvalue weighted by Crippen LogP contribution is -3.00. The molecule has 7 heteroatoms. The maximum atomic E-state index is 5.79. The van der Waals surface area contributed by atoms with Gasteiger partial charge in [-0.3, -0.25) is 0 Å². The van der Waals surface area contributed by atoms with E-state index in [4.69, 9.17) is 21.9 Å². The molecule has 26 heavy (non-hydrogen) atoms. The number of ether oxygens (including phenoxy) is 1. The standard InChI is InChI=1S/C19H15N4OS.ClH/c1-12-16(24-2)7-10-22-17(12)18(25)23-15-11-13(21-8-3-4-9-21)5-6-14(15)20-19(22)23;/h3-11H,1-2H3;1H/q+1;/p-1. The van der Waals surface area contributed by atoms with Gasteiger partial charge in [-0.25, -0.2) is 0 Å². The Kier molecular flexibility index (Phi) is 3.82. The van der Waals surface area contributed by atoms with Crippen molar-refractivity contribution in [3.05, 3.63) is 66.2 Å². The van der Waals surface area contributed by atoms with Crippen LogP contribution in [0.4, 0.5) is 0 Å². The molecule has 0 radical (unpaired) electrons. The highest BCUT2D eigenvalue weighted by atomic mass is 35.5. The molecule has 0 saturated heterocycles. The third kappa shape index (κ3) is 2.12. The Morgan fingerprint density at radius 3 is 2.65 bits per heavy atom. The average Bonchev–Trinajstić information content (AvgIpc) is 3.32. The summed E-state index contributed by atoms with van der Waals surface area (Å²) in [5.74, 6) is 1.65. The van der Waals surface area contributed by atoms with Crippen molar-refractivity contribution < 1.29 is 21.7 Å². The van der Waals surface area contributed by atoms with Crippen LogP contribution in [0.25, 0.3) is 22.7 Å². The van der Waals surface area contributed by atoms with Crippen molar-refractivity contribution >= 4 is 28.2 Å². The van der Waals surface area contributed by atoms with Crippen molar-refractivity contribution in [1.29, 1.82) is 0 Å². The molecule has 0 atom stereocenters. The molecule has 0 fully saturated rings. The van der Waals surface area contributed by atoms with Gasteiger partial charge >= 0.3 is 5.95 Å². The van der Waals surface area contributed by atoms with Crippen LogP contribution in [0.15, 0.2) is 55.0 Å². The minimum Gasteiger partial charge on any atom is -1.00 e. The lowest BCUT2D eigenvalue weighted by Gasteiger charge is -2.06. The molecule has 3 aromatic heterocycles. The highest BCUT2D eigenvalue weighted by Crippen LogP contribution is 2.29. The fourth-order valence-electron chi connectivity index (χ4n) is 3.48. The van der Waals surface area contributed by atoms with Gasteiger partial charge in [0.15, 0.2) is 16.7 Å². The van der Waals surface area contributed by atoms with E-state index >= 15 is 0 Å². The predicted octanol–water partition coefficient (Wildman–Crippen LogP) is -0.0381. The second-order valence-electron chi connectivity index (χ2n) is 6.04. The first-order valence-electron chi connectivity index (χ1n) is 7.99. The number of thiocarbonyl (C=S) groups is 1. The normalized spacial score (nSPS) is 12.0.